The van der Waals surface area contributed by atoms with Gasteiger partial charge < -0.3 is 9.80 Å². The van der Waals surface area contributed by atoms with E-state index in [4.69, 9.17) is 0 Å². The van der Waals surface area contributed by atoms with Gasteiger partial charge in [-0.1, -0.05) is 0 Å². The highest BCUT2D eigenvalue weighted by atomic mass is 16.2. The third kappa shape index (κ3) is 4.53. The van der Waals surface area contributed by atoms with Gasteiger partial charge in [-0.25, -0.2) is 9.31 Å². The molecule has 2 atom stereocenters. The van der Waals surface area contributed by atoms with E-state index in [0.29, 0.717) is 18.4 Å². The monoisotopic (exact) mass is 466 g/mol. The fourth-order valence-electron chi connectivity index (χ4n) is 5.75. The molecule has 9 nitrogen and oxygen atoms in total. The van der Waals surface area contributed by atoms with E-state index in [2.05, 4.69) is 46.3 Å². The van der Waals surface area contributed by atoms with Crippen LogP contribution in [-0.2, 0) is 16.0 Å². The fraction of sp³-hybridized carbons (Fsp3) is 0.600. The lowest BCUT2D eigenvalue weighted by atomic mass is 9.85. The van der Waals surface area contributed by atoms with Crippen molar-refractivity contribution in [3.63, 3.8) is 0 Å². The highest BCUT2D eigenvalue weighted by molar-refractivity contribution is 6.07. The second-order valence-corrected chi connectivity index (χ2v) is 10.2. The lowest BCUT2D eigenvalue weighted by molar-refractivity contribution is -0.141. The number of rotatable bonds is 4. The summed E-state index contributed by atoms with van der Waals surface area (Å²) in [6.45, 7) is 5.40. The normalized spacial score (nSPS) is 25.1. The van der Waals surface area contributed by atoms with Crippen LogP contribution in [-0.4, -0.2) is 76.5 Å². The van der Waals surface area contributed by atoms with Gasteiger partial charge in [-0.2, -0.15) is 5.10 Å². The molecule has 0 spiro atoms. The fourth-order valence-corrected chi connectivity index (χ4v) is 5.75. The van der Waals surface area contributed by atoms with Crippen molar-refractivity contribution < 1.29 is 14.4 Å². The molecular weight excluding hydrogens is 432 g/mol. The van der Waals surface area contributed by atoms with Crippen LogP contribution in [0.25, 0.3) is 5.52 Å². The van der Waals surface area contributed by atoms with Gasteiger partial charge in [0.25, 0.3) is 0 Å². The van der Waals surface area contributed by atoms with Gasteiger partial charge in [-0.3, -0.25) is 19.8 Å². The van der Waals surface area contributed by atoms with Crippen LogP contribution in [0.15, 0.2) is 24.5 Å². The molecule has 1 unspecified atom stereocenters. The number of nitrogens with zero attached hydrogens (tertiary/aromatic N) is 5. The predicted molar refractivity (Wildman–Crippen MR) is 129 cm³/mol. The Kier molecular flexibility index (Phi) is 6.29. The summed E-state index contributed by atoms with van der Waals surface area (Å²) in [5.74, 6) is 0.803. The van der Waals surface area contributed by atoms with Crippen LogP contribution >= 0.6 is 0 Å². The zero-order chi connectivity index (χ0) is 23.8. The van der Waals surface area contributed by atoms with E-state index in [-0.39, 0.29) is 24.3 Å². The second-order valence-electron chi connectivity index (χ2n) is 10.2. The van der Waals surface area contributed by atoms with Crippen molar-refractivity contribution >= 4 is 29.0 Å². The first-order chi connectivity index (χ1) is 16.4. The molecule has 0 aliphatic carbocycles. The Hall–Kier alpha value is -2.94. The molecule has 0 bridgehead atoms. The summed E-state index contributed by atoms with van der Waals surface area (Å²) in [7, 11) is 2.13. The number of hydrogen-bond acceptors (Lipinski definition) is 5. The van der Waals surface area contributed by atoms with E-state index in [1.807, 2.05) is 6.20 Å². The third-order valence-electron chi connectivity index (χ3n) is 7.77. The molecular formula is C25H34N6O3. The first-order valence-corrected chi connectivity index (χ1v) is 12.5. The standard InChI is InChI=1S/C25H34N6O3/c1-17-13-18(3-10-29(17)24(33)20-5-8-28(2)9-6-20)14-19-4-12-31-21(15-19)22(16-26-31)30-11-7-23(32)27-25(30)34/h4,12,15-18,20H,3,5-11,13-14H2,1-2H3,(H,27,32,34)/t17?,18-/m1/s1. The van der Waals surface area contributed by atoms with Crippen molar-refractivity contribution in [1.29, 1.82) is 0 Å². The molecule has 34 heavy (non-hydrogen) atoms. The molecule has 1 N–H and O–H groups in total. The minimum absolute atomic E-state index is 0.181. The highest BCUT2D eigenvalue weighted by Crippen LogP contribution is 2.30. The van der Waals surface area contributed by atoms with Gasteiger partial charge >= 0.3 is 6.03 Å². The minimum Gasteiger partial charge on any atom is -0.340 e. The van der Waals surface area contributed by atoms with Gasteiger partial charge in [0.05, 0.1) is 17.4 Å². The maximum atomic E-state index is 13.1. The molecule has 0 radical (unpaired) electrons. The Morgan fingerprint density at radius 2 is 1.94 bits per heavy atom. The van der Waals surface area contributed by atoms with Crippen molar-refractivity contribution in [2.75, 3.05) is 38.1 Å². The van der Waals surface area contributed by atoms with Gasteiger partial charge in [0.1, 0.15) is 0 Å². The van der Waals surface area contributed by atoms with Crippen LogP contribution in [0.5, 0.6) is 0 Å². The Labute approximate surface area is 200 Å². The molecule has 0 aromatic carbocycles. The first kappa shape index (κ1) is 22.8. The van der Waals surface area contributed by atoms with Gasteiger partial charge in [0.2, 0.25) is 11.8 Å². The molecule has 9 heteroatoms. The second kappa shape index (κ2) is 9.37. The molecule has 3 fully saturated rings. The van der Waals surface area contributed by atoms with Gasteiger partial charge in [0.15, 0.2) is 0 Å². The largest absolute Gasteiger partial charge is 0.340 e. The molecule has 5 heterocycles. The quantitative estimate of drug-likeness (QED) is 0.747. The van der Waals surface area contributed by atoms with E-state index in [9.17, 15) is 14.4 Å². The summed E-state index contributed by atoms with van der Waals surface area (Å²) >= 11 is 0. The number of imide groups is 1. The molecule has 182 valence electrons. The average Bonchev–Trinajstić information content (AvgIpc) is 3.22. The number of likely N-dealkylation sites (tertiary alicyclic amines) is 2. The van der Waals surface area contributed by atoms with Crippen molar-refractivity contribution in [2.24, 2.45) is 11.8 Å². The van der Waals surface area contributed by atoms with E-state index in [0.717, 1.165) is 62.9 Å². The SMILES string of the molecule is CC1C[C@H](Cc2ccn3ncc(N4CCC(=O)NC4=O)c3c2)CCN1C(=O)C1CCN(C)CC1. The Morgan fingerprint density at radius 1 is 1.15 bits per heavy atom. The lowest BCUT2D eigenvalue weighted by Gasteiger charge is -2.41. The number of carbonyl (C=O) groups excluding carboxylic acids is 3. The number of aromatic nitrogens is 2. The summed E-state index contributed by atoms with van der Waals surface area (Å²) in [6, 6.07) is 4.05. The Bertz CT molecular complexity index is 1090. The average molecular weight is 467 g/mol. The van der Waals surface area contributed by atoms with Crippen molar-refractivity contribution in [2.45, 2.75) is 51.5 Å². The van der Waals surface area contributed by atoms with Crippen molar-refractivity contribution in [3.8, 4) is 0 Å². The topological polar surface area (TPSA) is 90.3 Å². The van der Waals surface area contributed by atoms with Crippen molar-refractivity contribution in [3.05, 3.63) is 30.1 Å². The van der Waals surface area contributed by atoms with E-state index in [1.54, 1.807) is 15.6 Å². The molecule has 5 rings (SSSR count). The molecule has 3 aliphatic rings. The summed E-state index contributed by atoms with van der Waals surface area (Å²) in [6.07, 6.45) is 8.80. The van der Waals surface area contributed by atoms with Crippen LogP contribution in [0.4, 0.5) is 10.5 Å². The third-order valence-corrected chi connectivity index (χ3v) is 7.77. The van der Waals surface area contributed by atoms with Crippen molar-refractivity contribution in [1.82, 2.24) is 24.7 Å². The first-order valence-electron chi connectivity index (χ1n) is 12.5. The smallest absolute Gasteiger partial charge is 0.328 e. The highest BCUT2D eigenvalue weighted by Gasteiger charge is 2.34. The van der Waals surface area contributed by atoms with Crippen LogP contribution in [0.3, 0.4) is 0 Å². The molecule has 2 aromatic heterocycles. The molecule has 0 saturated carbocycles. The number of hydrogen-bond donors (Lipinski definition) is 1. The summed E-state index contributed by atoms with van der Waals surface area (Å²) < 4.78 is 1.77. The number of carbonyl (C=O) groups is 3. The number of urea groups is 1. The van der Waals surface area contributed by atoms with Crippen LogP contribution in [0.1, 0.15) is 44.6 Å². The van der Waals surface area contributed by atoms with Crippen LogP contribution in [0, 0.1) is 11.8 Å². The van der Waals surface area contributed by atoms with Gasteiger partial charge in [0, 0.05) is 37.7 Å². The zero-order valence-corrected chi connectivity index (χ0v) is 20.1. The number of fused-ring (bicyclic) bond motifs is 1. The van der Waals surface area contributed by atoms with E-state index in [1.165, 1.54) is 5.56 Å². The number of pyridine rings is 1. The number of nitrogens with one attached hydrogen (secondary N) is 1. The van der Waals surface area contributed by atoms with Gasteiger partial charge in [-0.15, -0.1) is 0 Å². The number of piperidine rings is 2. The van der Waals surface area contributed by atoms with Gasteiger partial charge in [-0.05, 0) is 82.8 Å². The van der Waals surface area contributed by atoms with E-state index >= 15 is 0 Å². The maximum Gasteiger partial charge on any atom is 0.328 e. The molecule has 3 saturated heterocycles. The Balaban J connectivity index is 1.24. The van der Waals surface area contributed by atoms with E-state index < -0.39 is 6.03 Å². The number of amides is 4. The Morgan fingerprint density at radius 3 is 2.68 bits per heavy atom. The minimum atomic E-state index is -0.396. The molecule has 3 aliphatic heterocycles. The van der Waals surface area contributed by atoms with Crippen LogP contribution in [0.2, 0.25) is 0 Å². The lowest BCUT2D eigenvalue weighted by Crippen LogP contribution is -2.49. The number of anilines is 1. The molecule has 4 amide bonds. The van der Waals surface area contributed by atoms with Crippen LogP contribution < -0.4 is 10.2 Å². The summed E-state index contributed by atoms with van der Waals surface area (Å²) in [5, 5.41) is 6.77. The zero-order valence-electron chi connectivity index (χ0n) is 20.1. The predicted octanol–water partition coefficient (Wildman–Crippen LogP) is 2.29. The summed E-state index contributed by atoms with van der Waals surface area (Å²) in [5.41, 5.74) is 2.79. The summed E-state index contributed by atoms with van der Waals surface area (Å²) in [4.78, 5) is 43.0. The molecule has 2 aromatic rings. The maximum absolute atomic E-state index is 13.1.